The highest BCUT2D eigenvalue weighted by Gasteiger charge is 2.24. The van der Waals surface area contributed by atoms with Gasteiger partial charge in [-0.3, -0.25) is 0 Å². The zero-order valence-corrected chi connectivity index (χ0v) is 9.84. The van der Waals surface area contributed by atoms with Gasteiger partial charge in [-0.05, 0) is 37.0 Å². The van der Waals surface area contributed by atoms with Crippen molar-refractivity contribution in [3.8, 4) is 0 Å². The molecule has 1 aliphatic rings. The maximum atomic E-state index is 9.37. The maximum Gasteiger partial charge on any atom is 0.0461 e. The molecule has 0 bridgehead atoms. The summed E-state index contributed by atoms with van der Waals surface area (Å²) < 4.78 is 0. The van der Waals surface area contributed by atoms with E-state index in [1.807, 2.05) is 0 Å². The first-order chi connectivity index (χ1) is 6.77. The van der Waals surface area contributed by atoms with Gasteiger partial charge in [0.2, 0.25) is 0 Å². The lowest BCUT2D eigenvalue weighted by atomic mass is 9.75. The highest BCUT2D eigenvalue weighted by molar-refractivity contribution is 4.76. The van der Waals surface area contributed by atoms with E-state index in [0.29, 0.717) is 12.5 Å². The van der Waals surface area contributed by atoms with Crippen molar-refractivity contribution in [1.29, 1.82) is 0 Å². The summed E-state index contributed by atoms with van der Waals surface area (Å²) in [5.41, 5.74) is 0. The third-order valence-electron chi connectivity index (χ3n) is 3.89. The van der Waals surface area contributed by atoms with Gasteiger partial charge in [0.25, 0.3) is 0 Å². The first-order valence-electron chi connectivity index (χ1n) is 6.38. The molecule has 0 aliphatic heterocycles. The number of hydrogen-bond donors (Lipinski definition) is 1. The van der Waals surface area contributed by atoms with Crippen LogP contribution >= 0.6 is 0 Å². The Hall–Kier alpha value is -0.0400. The summed E-state index contributed by atoms with van der Waals surface area (Å²) in [5.74, 6) is 2.35. The van der Waals surface area contributed by atoms with Crippen molar-refractivity contribution in [2.45, 2.75) is 58.8 Å². The van der Waals surface area contributed by atoms with Gasteiger partial charge in [0.1, 0.15) is 0 Å². The molecular weight excluding hydrogens is 172 g/mol. The Kier molecular flexibility index (Phi) is 5.54. The van der Waals surface area contributed by atoms with Gasteiger partial charge in [0.05, 0.1) is 0 Å². The SMILES string of the molecule is CCCCC(CO)C1CCC(C)CC1. The van der Waals surface area contributed by atoms with Crippen LogP contribution in [0.4, 0.5) is 0 Å². The van der Waals surface area contributed by atoms with Crippen molar-refractivity contribution >= 4 is 0 Å². The van der Waals surface area contributed by atoms with Gasteiger partial charge in [-0.2, -0.15) is 0 Å². The van der Waals surface area contributed by atoms with E-state index in [2.05, 4.69) is 13.8 Å². The lowest BCUT2D eigenvalue weighted by Gasteiger charge is -2.31. The van der Waals surface area contributed by atoms with E-state index in [9.17, 15) is 5.11 Å². The fourth-order valence-electron chi connectivity index (χ4n) is 2.70. The fourth-order valence-corrected chi connectivity index (χ4v) is 2.70. The average Bonchev–Trinajstić information content (AvgIpc) is 2.21. The van der Waals surface area contributed by atoms with Crippen LogP contribution in [-0.4, -0.2) is 11.7 Å². The van der Waals surface area contributed by atoms with Crippen LogP contribution in [0.25, 0.3) is 0 Å². The van der Waals surface area contributed by atoms with Gasteiger partial charge < -0.3 is 5.11 Å². The van der Waals surface area contributed by atoms with Crippen molar-refractivity contribution in [1.82, 2.24) is 0 Å². The summed E-state index contributed by atoms with van der Waals surface area (Å²) in [4.78, 5) is 0. The number of rotatable bonds is 5. The molecule has 0 amide bonds. The Balaban J connectivity index is 2.29. The predicted molar refractivity (Wildman–Crippen MR) is 61.2 cm³/mol. The van der Waals surface area contributed by atoms with Gasteiger partial charge in [-0.1, -0.05) is 39.5 Å². The Morgan fingerprint density at radius 2 is 1.86 bits per heavy atom. The molecule has 1 fully saturated rings. The molecule has 1 N–H and O–H groups in total. The second-order valence-corrected chi connectivity index (χ2v) is 5.10. The van der Waals surface area contributed by atoms with Crippen LogP contribution in [0.15, 0.2) is 0 Å². The molecule has 1 atom stereocenters. The smallest absolute Gasteiger partial charge is 0.0461 e. The average molecular weight is 198 g/mol. The van der Waals surface area contributed by atoms with Crippen LogP contribution in [0.2, 0.25) is 0 Å². The Labute approximate surface area is 88.9 Å². The molecule has 0 heterocycles. The summed E-state index contributed by atoms with van der Waals surface area (Å²) in [7, 11) is 0. The molecule has 1 unspecified atom stereocenters. The first-order valence-corrected chi connectivity index (χ1v) is 6.38. The Bertz CT molecular complexity index is 133. The maximum absolute atomic E-state index is 9.37. The zero-order valence-electron chi connectivity index (χ0n) is 9.84. The molecule has 0 radical (unpaired) electrons. The molecule has 1 nitrogen and oxygen atoms in total. The van der Waals surface area contributed by atoms with Crippen LogP contribution in [0.5, 0.6) is 0 Å². The molecule has 84 valence electrons. The number of unbranched alkanes of at least 4 members (excludes halogenated alkanes) is 1. The zero-order chi connectivity index (χ0) is 10.4. The van der Waals surface area contributed by atoms with Crippen LogP contribution in [0, 0.1) is 17.8 Å². The Morgan fingerprint density at radius 1 is 1.21 bits per heavy atom. The van der Waals surface area contributed by atoms with E-state index in [1.165, 1.54) is 44.9 Å². The summed E-state index contributed by atoms with van der Waals surface area (Å²) in [6.07, 6.45) is 9.27. The molecule has 0 aromatic rings. The van der Waals surface area contributed by atoms with E-state index < -0.39 is 0 Å². The number of hydrogen-bond acceptors (Lipinski definition) is 1. The molecule has 1 aliphatic carbocycles. The van der Waals surface area contributed by atoms with E-state index in [4.69, 9.17) is 0 Å². The molecule has 1 rings (SSSR count). The van der Waals surface area contributed by atoms with Gasteiger partial charge in [-0.25, -0.2) is 0 Å². The molecule has 0 aromatic carbocycles. The molecular formula is C13H26O. The van der Waals surface area contributed by atoms with Crippen LogP contribution in [0.1, 0.15) is 58.8 Å². The van der Waals surface area contributed by atoms with Crippen molar-refractivity contribution < 1.29 is 5.11 Å². The van der Waals surface area contributed by atoms with Crippen LogP contribution < -0.4 is 0 Å². The lowest BCUT2D eigenvalue weighted by Crippen LogP contribution is -2.23. The lowest BCUT2D eigenvalue weighted by molar-refractivity contribution is 0.126. The molecule has 1 saturated carbocycles. The van der Waals surface area contributed by atoms with Gasteiger partial charge in [0, 0.05) is 6.61 Å². The minimum absolute atomic E-state index is 0.416. The summed E-state index contributed by atoms with van der Waals surface area (Å²) in [6, 6.07) is 0. The standard InChI is InChI=1S/C13H26O/c1-3-4-5-13(10-14)12-8-6-11(2)7-9-12/h11-14H,3-10H2,1-2H3. The van der Waals surface area contributed by atoms with E-state index in [-0.39, 0.29) is 0 Å². The molecule has 14 heavy (non-hydrogen) atoms. The minimum Gasteiger partial charge on any atom is -0.396 e. The van der Waals surface area contributed by atoms with Crippen LogP contribution in [-0.2, 0) is 0 Å². The first kappa shape index (κ1) is 12.0. The van der Waals surface area contributed by atoms with Gasteiger partial charge in [-0.15, -0.1) is 0 Å². The van der Waals surface area contributed by atoms with E-state index >= 15 is 0 Å². The fraction of sp³-hybridized carbons (Fsp3) is 1.00. The number of aliphatic hydroxyl groups is 1. The summed E-state index contributed by atoms with van der Waals surface area (Å²) in [5, 5.41) is 9.37. The highest BCUT2D eigenvalue weighted by atomic mass is 16.3. The van der Waals surface area contributed by atoms with Crippen LogP contribution in [0.3, 0.4) is 0 Å². The predicted octanol–water partition coefficient (Wildman–Crippen LogP) is 3.61. The van der Waals surface area contributed by atoms with E-state index in [1.54, 1.807) is 0 Å². The Morgan fingerprint density at radius 3 is 2.36 bits per heavy atom. The highest BCUT2D eigenvalue weighted by Crippen LogP contribution is 2.34. The normalized spacial score (nSPS) is 30.2. The van der Waals surface area contributed by atoms with Gasteiger partial charge in [0.15, 0.2) is 0 Å². The molecule has 0 aromatic heterocycles. The molecule has 0 spiro atoms. The van der Waals surface area contributed by atoms with Crippen molar-refractivity contribution in [3.05, 3.63) is 0 Å². The summed E-state index contributed by atoms with van der Waals surface area (Å²) >= 11 is 0. The topological polar surface area (TPSA) is 20.2 Å². The second-order valence-electron chi connectivity index (χ2n) is 5.10. The molecule has 1 heteroatoms. The second kappa shape index (κ2) is 6.44. The minimum atomic E-state index is 0.416. The third-order valence-corrected chi connectivity index (χ3v) is 3.89. The van der Waals surface area contributed by atoms with E-state index in [0.717, 1.165) is 11.8 Å². The monoisotopic (exact) mass is 198 g/mol. The van der Waals surface area contributed by atoms with Crippen molar-refractivity contribution in [3.63, 3.8) is 0 Å². The third kappa shape index (κ3) is 3.61. The quantitative estimate of drug-likeness (QED) is 0.715. The van der Waals surface area contributed by atoms with Crippen molar-refractivity contribution in [2.75, 3.05) is 6.61 Å². The number of aliphatic hydroxyl groups excluding tert-OH is 1. The van der Waals surface area contributed by atoms with Gasteiger partial charge >= 0.3 is 0 Å². The van der Waals surface area contributed by atoms with Crippen molar-refractivity contribution in [2.24, 2.45) is 17.8 Å². The summed E-state index contributed by atoms with van der Waals surface area (Å²) in [6.45, 7) is 5.01. The largest absolute Gasteiger partial charge is 0.396 e. The molecule has 0 saturated heterocycles.